The van der Waals surface area contributed by atoms with E-state index in [0.717, 1.165) is 22.8 Å². The number of benzene rings is 1. The Morgan fingerprint density at radius 2 is 1.91 bits per heavy atom. The first-order valence-electron chi connectivity index (χ1n) is 11.4. The van der Waals surface area contributed by atoms with Gasteiger partial charge in [0.1, 0.15) is 17.6 Å². The van der Waals surface area contributed by atoms with Gasteiger partial charge in [-0.1, -0.05) is 30.3 Å². The van der Waals surface area contributed by atoms with Gasteiger partial charge < -0.3 is 23.9 Å². The number of imidazole rings is 1. The zero-order chi connectivity index (χ0) is 22.8. The minimum absolute atomic E-state index is 0.0101. The molecule has 8 heteroatoms. The fourth-order valence-electron chi connectivity index (χ4n) is 4.57. The van der Waals surface area contributed by atoms with Crippen LogP contribution in [0.25, 0.3) is 0 Å². The van der Waals surface area contributed by atoms with E-state index in [9.17, 15) is 9.59 Å². The number of nitrogens with one attached hydrogen (secondary N) is 1. The molecule has 0 aliphatic carbocycles. The first-order valence-corrected chi connectivity index (χ1v) is 11.4. The molecule has 1 fully saturated rings. The lowest BCUT2D eigenvalue weighted by molar-refractivity contribution is -0.126. The fourth-order valence-corrected chi connectivity index (χ4v) is 4.57. The largest absolute Gasteiger partial charge is 0.465 e. The lowest BCUT2D eigenvalue weighted by Crippen LogP contribution is -2.43. The molecule has 1 N–H and O–H groups in total. The number of likely N-dealkylation sites (tertiary alicyclic amines) is 1. The van der Waals surface area contributed by atoms with E-state index in [1.807, 2.05) is 41.8 Å². The predicted octanol–water partition coefficient (Wildman–Crippen LogP) is 3.22. The number of rotatable bonds is 5. The van der Waals surface area contributed by atoms with E-state index in [-0.39, 0.29) is 23.8 Å². The van der Waals surface area contributed by atoms with Crippen LogP contribution in [-0.2, 0) is 29.2 Å². The Hall–Kier alpha value is -3.39. The molecule has 5 rings (SSSR count). The molecule has 2 amide bonds. The number of aromatic nitrogens is 2. The van der Waals surface area contributed by atoms with Gasteiger partial charge in [0, 0.05) is 19.0 Å². The van der Waals surface area contributed by atoms with Gasteiger partial charge in [0.15, 0.2) is 5.69 Å². The van der Waals surface area contributed by atoms with Crippen LogP contribution in [0.2, 0.25) is 0 Å². The number of piperidine rings is 1. The third-order valence-corrected chi connectivity index (χ3v) is 6.49. The van der Waals surface area contributed by atoms with E-state index in [2.05, 4.69) is 22.4 Å². The molecule has 1 atom stereocenters. The summed E-state index contributed by atoms with van der Waals surface area (Å²) in [4.78, 5) is 31.9. The molecule has 33 heavy (non-hydrogen) atoms. The smallest absolute Gasteiger partial charge is 0.274 e. The van der Waals surface area contributed by atoms with Crippen LogP contribution < -0.4 is 5.32 Å². The van der Waals surface area contributed by atoms with Crippen LogP contribution >= 0.6 is 0 Å². The third kappa shape index (κ3) is 4.57. The molecule has 2 aliphatic rings. The molecule has 1 unspecified atom stereocenters. The molecule has 1 saturated heterocycles. The van der Waals surface area contributed by atoms with Gasteiger partial charge in [0.05, 0.1) is 31.7 Å². The maximum Gasteiger partial charge on any atom is 0.274 e. The lowest BCUT2D eigenvalue weighted by atomic mass is 9.95. The summed E-state index contributed by atoms with van der Waals surface area (Å²) in [5, 5.41) is 2.94. The van der Waals surface area contributed by atoms with Crippen LogP contribution in [0.1, 0.15) is 52.2 Å². The molecule has 1 aromatic carbocycles. The van der Waals surface area contributed by atoms with E-state index < -0.39 is 0 Å². The van der Waals surface area contributed by atoms with Gasteiger partial charge in [-0.2, -0.15) is 0 Å². The SMILES string of the molecule is Cc1ccc(CNC(=O)C2CCN(C(=O)c3ncn4c3COC(c3ccccc3)C4)CC2)o1. The Morgan fingerprint density at radius 1 is 1.12 bits per heavy atom. The molecular formula is C25H28N4O4. The first kappa shape index (κ1) is 21.5. The summed E-state index contributed by atoms with van der Waals surface area (Å²) < 4.78 is 13.6. The summed E-state index contributed by atoms with van der Waals surface area (Å²) in [6.07, 6.45) is 2.96. The highest BCUT2D eigenvalue weighted by atomic mass is 16.5. The third-order valence-electron chi connectivity index (χ3n) is 6.49. The average Bonchev–Trinajstić information content (AvgIpc) is 3.48. The maximum absolute atomic E-state index is 13.2. The summed E-state index contributed by atoms with van der Waals surface area (Å²) in [6.45, 7) is 4.33. The molecular weight excluding hydrogens is 420 g/mol. The molecule has 0 bridgehead atoms. The molecule has 0 radical (unpaired) electrons. The summed E-state index contributed by atoms with van der Waals surface area (Å²) in [5.41, 5.74) is 2.39. The Kier molecular flexibility index (Phi) is 6.00. The van der Waals surface area contributed by atoms with Crippen LogP contribution in [0.15, 0.2) is 53.2 Å². The van der Waals surface area contributed by atoms with Gasteiger partial charge in [0.2, 0.25) is 5.91 Å². The normalized spacial score (nSPS) is 18.7. The number of hydrogen-bond acceptors (Lipinski definition) is 5. The van der Waals surface area contributed by atoms with Crippen LogP contribution in [0.5, 0.6) is 0 Å². The zero-order valence-corrected chi connectivity index (χ0v) is 18.7. The van der Waals surface area contributed by atoms with Gasteiger partial charge in [-0.15, -0.1) is 0 Å². The predicted molar refractivity (Wildman–Crippen MR) is 120 cm³/mol. The van der Waals surface area contributed by atoms with Crippen molar-refractivity contribution >= 4 is 11.8 Å². The van der Waals surface area contributed by atoms with Gasteiger partial charge in [-0.25, -0.2) is 4.98 Å². The van der Waals surface area contributed by atoms with Gasteiger partial charge in [-0.3, -0.25) is 9.59 Å². The van der Waals surface area contributed by atoms with Crippen molar-refractivity contribution in [3.05, 3.63) is 77.3 Å². The number of hydrogen-bond donors (Lipinski definition) is 1. The van der Waals surface area contributed by atoms with Crippen LogP contribution in [0.3, 0.4) is 0 Å². The first-order chi connectivity index (χ1) is 16.1. The molecule has 2 aromatic heterocycles. The molecule has 172 valence electrons. The van der Waals surface area contributed by atoms with E-state index in [4.69, 9.17) is 9.15 Å². The molecule has 2 aliphatic heterocycles. The zero-order valence-electron chi connectivity index (χ0n) is 18.7. The van der Waals surface area contributed by atoms with Crippen LogP contribution in [0.4, 0.5) is 0 Å². The second-order valence-corrected chi connectivity index (χ2v) is 8.70. The summed E-state index contributed by atoms with van der Waals surface area (Å²) in [7, 11) is 0. The minimum atomic E-state index is -0.101. The van der Waals surface area contributed by atoms with E-state index >= 15 is 0 Å². The number of ether oxygens (including phenoxy) is 1. The second kappa shape index (κ2) is 9.23. The molecule has 4 heterocycles. The Balaban J connectivity index is 1.16. The highest BCUT2D eigenvalue weighted by Crippen LogP contribution is 2.28. The summed E-state index contributed by atoms with van der Waals surface area (Å²) in [6, 6.07) is 13.8. The molecule has 8 nitrogen and oxygen atoms in total. The van der Waals surface area contributed by atoms with E-state index in [1.54, 1.807) is 11.2 Å². The van der Waals surface area contributed by atoms with Gasteiger partial charge in [-0.05, 0) is 37.5 Å². The number of aryl methyl sites for hydroxylation is 1. The topological polar surface area (TPSA) is 89.6 Å². The standard InChI is InChI=1S/C25H28N4O4/c1-17-7-8-20(33-17)13-26-24(30)19-9-11-28(12-10-19)25(31)23-21-15-32-22(14-29(21)16-27-23)18-5-3-2-4-6-18/h2-8,16,19,22H,9-15H2,1H3,(H,26,30). The Bertz CT molecular complexity index is 1130. The Morgan fingerprint density at radius 3 is 2.64 bits per heavy atom. The van der Waals surface area contributed by atoms with Gasteiger partial charge >= 0.3 is 0 Å². The molecule has 0 saturated carbocycles. The second-order valence-electron chi connectivity index (χ2n) is 8.70. The minimum Gasteiger partial charge on any atom is -0.465 e. The van der Waals surface area contributed by atoms with Crippen LogP contribution in [0, 0.1) is 12.8 Å². The highest BCUT2D eigenvalue weighted by molar-refractivity contribution is 5.93. The number of amides is 2. The monoisotopic (exact) mass is 448 g/mol. The quantitative estimate of drug-likeness (QED) is 0.647. The van der Waals surface area contributed by atoms with Crippen molar-refractivity contribution in [1.82, 2.24) is 19.8 Å². The van der Waals surface area contributed by atoms with Crippen molar-refractivity contribution in [3.63, 3.8) is 0 Å². The van der Waals surface area contributed by atoms with Crippen LogP contribution in [-0.4, -0.2) is 39.4 Å². The number of nitrogens with zero attached hydrogens (tertiary/aromatic N) is 3. The van der Waals surface area contributed by atoms with Crippen molar-refractivity contribution < 1.29 is 18.7 Å². The molecule has 3 aromatic rings. The molecule has 0 spiro atoms. The number of furan rings is 1. The summed E-state index contributed by atoms with van der Waals surface area (Å²) in [5.74, 6) is 1.39. The Labute approximate surface area is 192 Å². The maximum atomic E-state index is 13.2. The van der Waals surface area contributed by atoms with Crippen molar-refractivity contribution in [2.45, 2.75) is 45.6 Å². The van der Waals surface area contributed by atoms with Crippen molar-refractivity contribution in [1.29, 1.82) is 0 Å². The van der Waals surface area contributed by atoms with Crippen molar-refractivity contribution in [2.24, 2.45) is 5.92 Å². The average molecular weight is 449 g/mol. The highest BCUT2D eigenvalue weighted by Gasteiger charge is 2.32. The van der Waals surface area contributed by atoms with Crippen molar-refractivity contribution in [3.8, 4) is 0 Å². The van der Waals surface area contributed by atoms with E-state index in [0.29, 0.717) is 51.3 Å². The number of fused-ring (bicyclic) bond motifs is 1. The lowest BCUT2D eigenvalue weighted by Gasteiger charge is -2.31. The summed E-state index contributed by atoms with van der Waals surface area (Å²) >= 11 is 0. The van der Waals surface area contributed by atoms with E-state index in [1.165, 1.54) is 0 Å². The number of carbonyl (C=O) groups excluding carboxylic acids is 2. The van der Waals surface area contributed by atoms with Gasteiger partial charge in [0.25, 0.3) is 5.91 Å². The number of carbonyl (C=O) groups is 2. The van der Waals surface area contributed by atoms with Crippen molar-refractivity contribution in [2.75, 3.05) is 13.1 Å². The fraction of sp³-hybridized carbons (Fsp3) is 0.400.